The number of carbonyl (C=O) groups is 1. The van der Waals surface area contributed by atoms with Crippen LogP contribution in [-0.2, 0) is 11.2 Å². The van der Waals surface area contributed by atoms with Gasteiger partial charge in [-0.1, -0.05) is 36.4 Å². The highest BCUT2D eigenvalue weighted by Gasteiger charge is 2.16. The fourth-order valence-corrected chi connectivity index (χ4v) is 2.07. The monoisotopic (exact) mass is 303 g/mol. The number of methoxy groups -OCH3 is 1. The minimum absolute atomic E-state index is 0.174. The van der Waals surface area contributed by atoms with Crippen LogP contribution in [0, 0.1) is 5.82 Å². The maximum absolute atomic E-state index is 13.3. The lowest BCUT2D eigenvalue weighted by molar-refractivity contribution is -0.129. The first-order chi connectivity index (χ1) is 10.6. The van der Waals surface area contributed by atoms with E-state index in [1.165, 1.54) is 13.2 Å². The van der Waals surface area contributed by atoms with Gasteiger partial charge < -0.3 is 15.2 Å². The summed E-state index contributed by atoms with van der Waals surface area (Å²) in [5.74, 6) is -0.705. The van der Waals surface area contributed by atoms with E-state index in [1.807, 2.05) is 6.07 Å². The predicted octanol–water partition coefficient (Wildman–Crippen LogP) is 2.23. The number of halogens is 1. The maximum atomic E-state index is 13.3. The molecule has 1 atom stereocenters. The van der Waals surface area contributed by atoms with Crippen molar-refractivity contribution in [1.29, 1.82) is 0 Å². The summed E-state index contributed by atoms with van der Waals surface area (Å²) in [5.41, 5.74) is 1.39. The zero-order chi connectivity index (χ0) is 15.9. The summed E-state index contributed by atoms with van der Waals surface area (Å²) < 4.78 is 18.2. The van der Waals surface area contributed by atoms with Gasteiger partial charge in [-0.05, 0) is 29.7 Å². The van der Waals surface area contributed by atoms with E-state index in [0.717, 1.165) is 5.56 Å². The minimum Gasteiger partial charge on any atom is -0.494 e. The summed E-state index contributed by atoms with van der Waals surface area (Å²) in [6, 6.07) is 13.3. The van der Waals surface area contributed by atoms with Crippen molar-refractivity contribution in [2.24, 2.45) is 0 Å². The van der Waals surface area contributed by atoms with Crippen LogP contribution in [0.15, 0.2) is 48.5 Å². The van der Waals surface area contributed by atoms with Crippen molar-refractivity contribution in [2.45, 2.75) is 12.5 Å². The second-order valence-corrected chi connectivity index (χ2v) is 4.82. The van der Waals surface area contributed by atoms with E-state index in [0.29, 0.717) is 18.5 Å². The molecule has 4 nitrogen and oxygen atoms in total. The summed E-state index contributed by atoms with van der Waals surface area (Å²) in [4.78, 5) is 11.9. The third-order valence-corrected chi connectivity index (χ3v) is 3.29. The fourth-order valence-electron chi connectivity index (χ4n) is 2.07. The Hall–Kier alpha value is -2.40. The number of rotatable bonds is 6. The summed E-state index contributed by atoms with van der Waals surface area (Å²) >= 11 is 0. The van der Waals surface area contributed by atoms with Crippen molar-refractivity contribution >= 4 is 5.91 Å². The zero-order valence-corrected chi connectivity index (χ0v) is 12.3. The van der Waals surface area contributed by atoms with Crippen LogP contribution in [0.1, 0.15) is 17.2 Å². The van der Waals surface area contributed by atoms with Crippen LogP contribution in [0.25, 0.3) is 0 Å². The topological polar surface area (TPSA) is 58.6 Å². The number of nitrogens with one attached hydrogen (secondary N) is 1. The molecule has 0 aliphatic rings. The molecule has 2 rings (SSSR count). The second kappa shape index (κ2) is 7.56. The van der Waals surface area contributed by atoms with Gasteiger partial charge in [0.25, 0.3) is 5.91 Å². The van der Waals surface area contributed by atoms with Gasteiger partial charge in [0.1, 0.15) is 0 Å². The summed E-state index contributed by atoms with van der Waals surface area (Å²) in [6.07, 6.45) is -0.673. The fraction of sp³-hybridized carbons (Fsp3) is 0.235. The van der Waals surface area contributed by atoms with Crippen LogP contribution in [0.5, 0.6) is 5.75 Å². The van der Waals surface area contributed by atoms with Crippen LogP contribution in [0.4, 0.5) is 4.39 Å². The van der Waals surface area contributed by atoms with Crippen molar-refractivity contribution < 1.29 is 19.0 Å². The molecule has 0 heterocycles. The van der Waals surface area contributed by atoms with Gasteiger partial charge in [-0.2, -0.15) is 0 Å². The number of aliphatic hydroxyl groups is 1. The molecule has 2 aromatic carbocycles. The van der Waals surface area contributed by atoms with Crippen LogP contribution in [-0.4, -0.2) is 24.7 Å². The SMILES string of the molecule is COc1cc(CCNC(=O)C(O)c2ccccc2)ccc1F. The average Bonchev–Trinajstić information content (AvgIpc) is 2.56. The van der Waals surface area contributed by atoms with Crippen molar-refractivity contribution in [3.63, 3.8) is 0 Å². The van der Waals surface area contributed by atoms with Gasteiger partial charge in [0.15, 0.2) is 17.7 Å². The molecule has 116 valence electrons. The largest absolute Gasteiger partial charge is 0.494 e. The number of benzene rings is 2. The first kappa shape index (κ1) is 16.0. The number of amides is 1. The van der Waals surface area contributed by atoms with Crippen LogP contribution in [0.3, 0.4) is 0 Å². The number of hydrogen-bond donors (Lipinski definition) is 2. The predicted molar refractivity (Wildman–Crippen MR) is 81.1 cm³/mol. The molecule has 0 radical (unpaired) electrons. The standard InChI is InChI=1S/C17H18FNO3/c1-22-15-11-12(7-8-14(15)18)9-10-19-17(21)16(20)13-5-3-2-4-6-13/h2-8,11,16,20H,9-10H2,1H3,(H,19,21). The lowest BCUT2D eigenvalue weighted by Crippen LogP contribution is -2.30. The van der Waals surface area contributed by atoms with Gasteiger partial charge in [-0.25, -0.2) is 4.39 Å². The quantitative estimate of drug-likeness (QED) is 0.860. The van der Waals surface area contributed by atoms with E-state index in [9.17, 15) is 14.3 Å². The Labute approximate surface area is 128 Å². The van der Waals surface area contributed by atoms with Gasteiger partial charge in [0, 0.05) is 6.54 Å². The highest BCUT2D eigenvalue weighted by molar-refractivity contribution is 5.81. The van der Waals surface area contributed by atoms with Crippen molar-refractivity contribution in [3.8, 4) is 5.75 Å². The Kier molecular flexibility index (Phi) is 5.49. The Balaban J connectivity index is 1.87. The first-order valence-electron chi connectivity index (χ1n) is 6.95. The molecule has 1 amide bonds. The molecule has 5 heteroatoms. The van der Waals surface area contributed by atoms with Crippen LogP contribution < -0.4 is 10.1 Å². The van der Waals surface area contributed by atoms with E-state index < -0.39 is 17.8 Å². The molecule has 0 saturated heterocycles. The molecular formula is C17H18FNO3. The molecule has 1 unspecified atom stereocenters. The number of carbonyl (C=O) groups excluding carboxylic acids is 1. The molecule has 0 saturated carbocycles. The van der Waals surface area contributed by atoms with Crippen LogP contribution in [0.2, 0.25) is 0 Å². The lowest BCUT2D eigenvalue weighted by atomic mass is 10.1. The first-order valence-corrected chi connectivity index (χ1v) is 6.95. The van der Waals surface area contributed by atoms with Crippen LogP contribution >= 0.6 is 0 Å². The van der Waals surface area contributed by atoms with Gasteiger partial charge in [0.05, 0.1) is 7.11 Å². The van der Waals surface area contributed by atoms with Crippen molar-refractivity contribution in [2.75, 3.05) is 13.7 Å². The van der Waals surface area contributed by atoms with E-state index in [4.69, 9.17) is 4.74 Å². The van der Waals surface area contributed by atoms with Crippen molar-refractivity contribution in [1.82, 2.24) is 5.32 Å². The van der Waals surface area contributed by atoms with E-state index >= 15 is 0 Å². The molecule has 0 aromatic heterocycles. The highest BCUT2D eigenvalue weighted by atomic mass is 19.1. The molecule has 0 fully saturated rings. The van der Waals surface area contributed by atoms with Crippen molar-refractivity contribution in [3.05, 3.63) is 65.5 Å². The van der Waals surface area contributed by atoms with E-state index in [1.54, 1.807) is 36.4 Å². The number of aliphatic hydroxyl groups excluding tert-OH is 1. The summed E-state index contributed by atoms with van der Waals surface area (Å²) in [6.45, 7) is 0.345. The third-order valence-electron chi connectivity index (χ3n) is 3.29. The van der Waals surface area contributed by atoms with Gasteiger partial charge >= 0.3 is 0 Å². The Morgan fingerprint density at radius 3 is 2.68 bits per heavy atom. The number of ether oxygens (including phenoxy) is 1. The minimum atomic E-state index is -1.19. The van der Waals surface area contributed by atoms with E-state index in [-0.39, 0.29) is 5.75 Å². The smallest absolute Gasteiger partial charge is 0.253 e. The molecule has 0 bridgehead atoms. The summed E-state index contributed by atoms with van der Waals surface area (Å²) in [5, 5.41) is 12.6. The third kappa shape index (κ3) is 4.05. The Bertz CT molecular complexity index is 631. The Morgan fingerprint density at radius 1 is 1.27 bits per heavy atom. The lowest BCUT2D eigenvalue weighted by Gasteiger charge is -2.12. The zero-order valence-electron chi connectivity index (χ0n) is 12.3. The normalized spacial score (nSPS) is 11.8. The van der Waals surface area contributed by atoms with Gasteiger partial charge in [0.2, 0.25) is 0 Å². The molecule has 22 heavy (non-hydrogen) atoms. The molecule has 2 aromatic rings. The highest BCUT2D eigenvalue weighted by Crippen LogP contribution is 2.18. The molecule has 2 N–H and O–H groups in total. The molecular weight excluding hydrogens is 285 g/mol. The summed E-state index contributed by atoms with van der Waals surface area (Å²) in [7, 11) is 1.40. The Morgan fingerprint density at radius 2 is 2.00 bits per heavy atom. The van der Waals surface area contributed by atoms with Gasteiger partial charge in [-0.3, -0.25) is 4.79 Å². The molecule has 0 aliphatic carbocycles. The molecule has 0 spiro atoms. The molecule has 0 aliphatic heterocycles. The van der Waals surface area contributed by atoms with Gasteiger partial charge in [-0.15, -0.1) is 0 Å². The number of hydrogen-bond acceptors (Lipinski definition) is 3. The second-order valence-electron chi connectivity index (χ2n) is 4.82. The van der Waals surface area contributed by atoms with E-state index in [2.05, 4.69) is 5.32 Å². The average molecular weight is 303 g/mol. The maximum Gasteiger partial charge on any atom is 0.253 e.